The van der Waals surface area contributed by atoms with Crippen molar-refractivity contribution in [1.29, 1.82) is 0 Å². The van der Waals surface area contributed by atoms with E-state index in [4.69, 9.17) is 0 Å². The molecule has 2 nitrogen and oxygen atoms in total. The van der Waals surface area contributed by atoms with Crippen molar-refractivity contribution in [3.63, 3.8) is 0 Å². The molecule has 0 aliphatic rings. The van der Waals surface area contributed by atoms with E-state index in [-0.39, 0.29) is 86.6 Å². The maximum atomic E-state index is 4.37. The van der Waals surface area contributed by atoms with E-state index in [9.17, 15) is 0 Å². The summed E-state index contributed by atoms with van der Waals surface area (Å²) < 4.78 is 0. The van der Waals surface area contributed by atoms with Crippen molar-refractivity contribution in [3.8, 4) is 0 Å². The Bertz CT molecular complexity index is 564. The molecule has 6 heteroatoms. The van der Waals surface area contributed by atoms with Crippen LogP contribution in [0.4, 0.5) is 0 Å². The monoisotopic (exact) mass is 438 g/mol. The topological polar surface area (TPSA) is 25.8 Å². The second-order valence-electron chi connectivity index (χ2n) is 3.21. The molecule has 0 unspecified atom stereocenters. The Hall–Kier alpha value is 0.494. The van der Waals surface area contributed by atoms with E-state index in [1.165, 1.54) is 0 Å². The first-order chi connectivity index (χ1) is 6.95. The van der Waals surface area contributed by atoms with Crippen molar-refractivity contribution in [2.24, 2.45) is 0 Å². The summed E-state index contributed by atoms with van der Waals surface area (Å²) in [6, 6.07) is 12.1. The van der Waals surface area contributed by atoms with Crippen LogP contribution in [-0.2, 0) is 0 Å². The second kappa shape index (κ2) is 9.41. The molecule has 0 bridgehead atoms. The average Bonchev–Trinajstić information content (AvgIpc) is 2.29. The first-order valence-electron chi connectivity index (χ1n) is 4.53. The number of halogens is 3. The van der Waals surface area contributed by atoms with Crippen molar-refractivity contribution in [2.45, 2.75) is 0 Å². The van der Waals surface area contributed by atoms with E-state index in [2.05, 4.69) is 28.2 Å². The van der Waals surface area contributed by atoms with Gasteiger partial charge in [0.1, 0.15) is 0 Å². The number of pyridine rings is 2. The molecule has 3 rings (SSSR count). The number of nitrogens with zero attached hydrogens (tertiary/aromatic N) is 2. The molecule has 0 N–H and O–H groups in total. The van der Waals surface area contributed by atoms with Gasteiger partial charge in [0.05, 0.1) is 11.0 Å². The number of hydrogen-bond donors (Lipinski definition) is 0. The van der Waals surface area contributed by atoms with Gasteiger partial charge in [0, 0.05) is 23.2 Å². The van der Waals surface area contributed by atoms with Crippen LogP contribution in [-0.4, -0.2) is 9.97 Å². The molecule has 94 valence electrons. The third-order valence-corrected chi connectivity index (χ3v) is 2.35. The molecular weight excluding hydrogens is 430 g/mol. The summed E-state index contributed by atoms with van der Waals surface area (Å²) >= 11 is 0. The van der Waals surface area contributed by atoms with E-state index in [0.717, 1.165) is 21.8 Å². The Morgan fingerprint density at radius 1 is 0.722 bits per heavy atom. The summed E-state index contributed by atoms with van der Waals surface area (Å²) in [5.41, 5.74) is 2.02. The van der Waals surface area contributed by atoms with Crippen LogP contribution in [0.25, 0.3) is 21.8 Å². The second-order valence-corrected chi connectivity index (χ2v) is 3.21. The molecule has 18 heavy (non-hydrogen) atoms. The molecule has 0 fully saturated rings. The molecule has 0 saturated heterocycles. The van der Waals surface area contributed by atoms with Gasteiger partial charge < -0.3 is 37.2 Å². The van der Waals surface area contributed by atoms with Crippen LogP contribution in [0.5, 0.6) is 0 Å². The van der Waals surface area contributed by atoms with Gasteiger partial charge >= 0.3 is 49.4 Å². The van der Waals surface area contributed by atoms with Gasteiger partial charge in [-0.3, -0.25) is 9.97 Å². The van der Waals surface area contributed by atoms with Crippen molar-refractivity contribution in [3.05, 3.63) is 48.8 Å². The van der Waals surface area contributed by atoms with Gasteiger partial charge in [-0.2, -0.15) is 0 Å². The molecule has 0 saturated carbocycles. The van der Waals surface area contributed by atoms with Crippen molar-refractivity contribution in [2.75, 3.05) is 0 Å². The zero-order valence-corrected chi connectivity index (χ0v) is 13.7. The quantitative estimate of drug-likeness (QED) is 0.327. The molecule has 0 amide bonds. The molecular formula is C12H8Cl3EuN2. The fourth-order valence-corrected chi connectivity index (χ4v) is 1.70. The largest absolute Gasteiger partial charge is 3.00 e. The van der Waals surface area contributed by atoms with E-state index in [1.54, 1.807) is 6.20 Å². The van der Waals surface area contributed by atoms with Crippen LogP contribution in [0, 0.1) is 49.4 Å². The predicted molar refractivity (Wildman–Crippen MR) is 57.0 cm³/mol. The van der Waals surface area contributed by atoms with Crippen molar-refractivity contribution < 1.29 is 86.6 Å². The summed E-state index contributed by atoms with van der Waals surface area (Å²) in [5.74, 6) is 0. The molecule has 1 aromatic carbocycles. The van der Waals surface area contributed by atoms with E-state index >= 15 is 0 Å². The molecule has 0 radical (unpaired) electrons. The third-order valence-electron chi connectivity index (χ3n) is 2.35. The minimum absolute atomic E-state index is 0. The zero-order valence-electron chi connectivity index (χ0n) is 9.03. The Balaban J connectivity index is 0. The average molecular weight is 439 g/mol. The van der Waals surface area contributed by atoms with E-state index < -0.39 is 0 Å². The summed E-state index contributed by atoms with van der Waals surface area (Å²) in [4.78, 5) is 8.66. The van der Waals surface area contributed by atoms with Crippen LogP contribution in [0.1, 0.15) is 0 Å². The van der Waals surface area contributed by atoms with Gasteiger partial charge in [0.25, 0.3) is 0 Å². The van der Waals surface area contributed by atoms with Crippen LogP contribution in [0.2, 0.25) is 0 Å². The number of hydrogen-bond acceptors (Lipinski definition) is 2. The molecule has 0 aliphatic heterocycles. The molecule has 2 heterocycles. The Labute approximate surface area is 165 Å². The minimum atomic E-state index is 0. The van der Waals surface area contributed by atoms with Gasteiger partial charge in [-0.1, -0.05) is 12.1 Å². The first kappa shape index (κ1) is 20.8. The Kier molecular flexibility index (Phi) is 10.9. The fraction of sp³-hybridized carbons (Fsp3) is 0. The van der Waals surface area contributed by atoms with Gasteiger partial charge in [0.2, 0.25) is 0 Å². The summed E-state index contributed by atoms with van der Waals surface area (Å²) in [5, 5.41) is 2.28. The van der Waals surface area contributed by atoms with Crippen LogP contribution in [0.15, 0.2) is 48.8 Å². The summed E-state index contributed by atoms with van der Waals surface area (Å²) in [7, 11) is 0. The minimum Gasteiger partial charge on any atom is -1.00 e. The van der Waals surface area contributed by atoms with Crippen molar-refractivity contribution >= 4 is 21.8 Å². The van der Waals surface area contributed by atoms with Gasteiger partial charge in [-0.15, -0.1) is 0 Å². The maximum Gasteiger partial charge on any atom is 3.00 e. The van der Waals surface area contributed by atoms with Crippen LogP contribution in [0.3, 0.4) is 0 Å². The predicted octanol–water partition coefficient (Wildman–Crippen LogP) is -6.21. The van der Waals surface area contributed by atoms with Crippen LogP contribution < -0.4 is 37.2 Å². The summed E-state index contributed by atoms with van der Waals surface area (Å²) in [6.45, 7) is 0. The van der Waals surface area contributed by atoms with E-state index in [1.807, 2.05) is 24.4 Å². The van der Waals surface area contributed by atoms with E-state index in [0.29, 0.717) is 0 Å². The normalized spacial score (nSPS) is 8.44. The van der Waals surface area contributed by atoms with Gasteiger partial charge in [-0.25, -0.2) is 0 Å². The smallest absolute Gasteiger partial charge is 1.00 e. The van der Waals surface area contributed by atoms with Gasteiger partial charge in [0.15, 0.2) is 0 Å². The first-order valence-corrected chi connectivity index (χ1v) is 4.53. The van der Waals surface area contributed by atoms with Gasteiger partial charge in [-0.05, 0) is 24.3 Å². The Morgan fingerprint density at radius 3 is 2.17 bits per heavy atom. The Morgan fingerprint density at radius 2 is 1.39 bits per heavy atom. The SMILES string of the molecule is [Cl-].[Cl-].[Cl-].[Eu+3].c1cnc2c(c1)ccc1ncccc12. The molecule has 0 aliphatic carbocycles. The number of fused-ring (bicyclic) bond motifs is 3. The van der Waals surface area contributed by atoms with Crippen LogP contribution >= 0.6 is 0 Å². The molecule has 2 aromatic heterocycles. The summed E-state index contributed by atoms with van der Waals surface area (Å²) in [6.07, 6.45) is 3.62. The molecule has 0 spiro atoms. The third kappa shape index (κ3) is 3.99. The maximum absolute atomic E-state index is 4.37. The molecule has 3 aromatic rings. The fourth-order valence-electron chi connectivity index (χ4n) is 1.70. The zero-order chi connectivity index (χ0) is 9.38. The number of benzene rings is 1. The number of rotatable bonds is 0. The standard InChI is InChI=1S/C12H8N2.3ClH.Eu/c1-3-9-5-6-11-10(4-2-7-13-11)12(9)14-8-1;;;;/h1-8H;3*1H;/q;;;;+3/p-3. The molecule has 0 atom stereocenters. The number of aromatic nitrogens is 2. The van der Waals surface area contributed by atoms with Crippen molar-refractivity contribution in [1.82, 2.24) is 9.97 Å².